The van der Waals surface area contributed by atoms with Crippen molar-refractivity contribution in [3.05, 3.63) is 27.3 Å². The fraction of sp³-hybridized carbons (Fsp3) is 0.400. The first-order valence-electron chi connectivity index (χ1n) is 4.30. The van der Waals surface area contributed by atoms with Crippen LogP contribution in [0.15, 0.2) is 18.2 Å². The van der Waals surface area contributed by atoms with Crippen LogP contribution in [0.1, 0.15) is 12.0 Å². The number of benzene rings is 1. The van der Waals surface area contributed by atoms with Crippen molar-refractivity contribution < 1.29 is 4.74 Å². The number of alkyl halides is 1. The highest BCUT2D eigenvalue weighted by molar-refractivity contribution is 14.1. The van der Waals surface area contributed by atoms with E-state index in [1.54, 1.807) is 0 Å². The van der Waals surface area contributed by atoms with Crippen LogP contribution in [0.4, 0.5) is 0 Å². The molecule has 1 heterocycles. The lowest BCUT2D eigenvalue weighted by Crippen LogP contribution is -2.23. The Kier molecular flexibility index (Phi) is 3.14. The maximum atomic E-state index is 5.79. The average molecular weight is 353 g/mol. The Morgan fingerprint density at radius 2 is 2.38 bits per heavy atom. The zero-order chi connectivity index (χ0) is 9.26. The van der Waals surface area contributed by atoms with Crippen molar-refractivity contribution in [2.45, 2.75) is 18.9 Å². The second-order valence-electron chi connectivity index (χ2n) is 3.18. The van der Waals surface area contributed by atoms with E-state index in [1.165, 1.54) is 9.13 Å². The lowest BCUT2D eigenvalue weighted by molar-refractivity contribution is 0.198. The van der Waals surface area contributed by atoms with Gasteiger partial charge in [0.2, 0.25) is 0 Å². The van der Waals surface area contributed by atoms with Crippen LogP contribution in [-0.4, -0.2) is 11.4 Å². The normalized spacial score (nSPS) is 20.6. The first kappa shape index (κ1) is 9.77. The van der Waals surface area contributed by atoms with Crippen molar-refractivity contribution >= 4 is 38.5 Å². The molecule has 0 saturated carbocycles. The van der Waals surface area contributed by atoms with Crippen molar-refractivity contribution in [3.8, 4) is 5.75 Å². The summed E-state index contributed by atoms with van der Waals surface area (Å²) in [5.74, 6) is 1.07. The van der Waals surface area contributed by atoms with Gasteiger partial charge in [-0.3, -0.25) is 0 Å². The first-order valence-corrected chi connectivity index (χ1v) is 6.50. The Labute approximate surface area is 100 Å². The summed E-state index contributed by atoms with van der Waals surface area (Å²) < 4.78 is 7.07. The third-order valence-corrected chi connectivity index (χ3v) is 3.62. The average Bonchev–Trinajstić information content (AvgIpc) is 2.17. The van der Waals surface area contributed by atoms with Gasteiger partial charge in [0.15, 0.2) is 0 Å². The zero-order valence-corrected chi connectivity index (χ0v) is 10.8. The molecule has 0 aliphatic carbocycles. The molecule has 0 amide bonds. The molecule has 1 atom stereocenters. The van der Waals surface area contributed by atoms with Gasteiger partial charge in [0, 0.05) is 8.90 Å². The SMILES string of the molecule is BrCC1CCc2cc(I)ccc2O1. The van der Waals surface area contributed by atoms with Gasteiger partial charge in [-0.2, -0.15) is 0 Å². The molecule has 1 unspecified atom stereocenters. The van der Waals surface area contributed by atoms with Gasteiger partial charge in [-0.1, -0.05) is 15.9 Å². The standard InChI is InChI=1S/C10H10BrIO/c11-6-9-3-1-7-5-8(12)2-4-10(7)13-9/h2,4-5,9H,1,3,6H2. The summed E-state index contributed by atoms with van der Waals surface area (Å²) in [5, 5.41) is 0.929. The smallest absolute Gasteiger partial charge is 0.123 e. The summed E-state index contributed by atoms with van der Waals surface area (Å²) in [5.41, 5.74) is 1.35. The Bertz CT molecular complexity index is 314. The summed E-state index contributed by atoms with van der Waals surface area (Å²) in [6.45, 7) is 0. The Hall–Kier alpha value is 0.230. The molecule has 3 heteroatoms. The van der Waals surface area contributed by atoms with E-state index in [9.17, 15) is 0 Å². The molecule has 2 rings (SSSR count). The molecule has 1 aromatic carbocycles. The van der Waals surface area contributed by atoms with Gasteiger partial charge in [0.1, 0.15) is 11.9 Å². The molecule has 1 aliphatic heterocycles. The second-order valence-corrected chi connectivity index (χ2v) is 5.08. The summed E-state index contributed by atoms with van der Waals surface area (Å²) in [4.78, 5) is 0. The van der Waals surface area contributed by atoms with Crippen LogP contribution >= 0.6 is 38.5 Å². The van der Waals surface area contributed by atoms with Crippen LogP contribution in [0, 0.1) is 3.57 Å². The van der Waals surface area contributed by atoms with Crippen molar-refractivity contribution in [2.75, 3.05) is 5.33 Å². The highest BCUT2D eigenvalue weighted by Gasteiger charge is 2.18. The molecule has 0 N–H and O–H groups in total. The van der Waals surface area contributed by atoms with Gasteiger partial charge in [-0.05, 0) is 59.2 Å². The van der Waals surface area contributed by atoms with E-state index < -0.39 is 0 Å². The van der Waals surface area contributed by atoms with Gasteiger partial charge >= 0.3 is 0 Å². The highest BCUT2D eigenvalue weighted by atomic mass is 127. The quantitative estimate of drug-likeness (QED) is 0.556. The Balaban J connectivity index is 2.26. The molecule has 0 saturated heterocycles. The van der Waals surface area contributed by atoms with E-state index in [0.717, 1.165) is 23.9 Å². The number of halogens is 2. The molecule has 0 aromatic heterocycles. The third kappa shape index (κ3) is 2.18. The fourth-order valence-electron chi connectivity index (χ4n) is 1.52. The summed E-state index contributed by atoms with van der Waals surface area (Å²) in [7, 11) is 0. The Morgan fingerprint density at radius 1 is 1.54 bits per heavy atom. The summed E-state index contributed by atoms with van der Waals surface area (Å²) in [6, 6.07) is 6.38. The van der Waals surface area contributed by atoms with E-state index in [0.29, 0.717) is 6.10 Å². The number of hydrogen-bond donors (Lipinski definition) is 0. The molecule has 0 fully saturated rings. The van der Waals surface area contributed by atoms with Crippen LogP contribution in [0.5, 0.6) is 5.75 Å². The molecular formula is C10H10BrIO. The van der Waals surface area contributed by atoms with Crippen molar-refractivity contribution in [2.24, 2.45) is 0 Å². The first-order chi connectivity index (χ1) is 6.29. The monoisotopic (exact) mass is 352 g/mol. The van der Waals surface area contributed by atoms with Gasteiger partial charge < -0.3 is 4.74 Å². The van der Waals surface area contributed by atoms with Gasteiger partial charge in [0.25, 0.3) is 0 Å². The number of fused-ring (bicyclic) bond motifs is 1. The summed E-state index contributed by atoms with van der Waals surface area (Å²) >= 11 is 5.79. The van der Waals surface area contributed by atoms with Gasteiger partial charge in [-0.15, -0.1) is 0 Å². The van der Waals surface area contributed by atoms with Crippen LogP contribution in [0.3, 0.4) is 0 Å². The van der Waals surface area contributed by atoms with Crippen molar-refractivity contribution in [1.29, 1.82) is 0 Å². The van der Waals surface area contributed by atoms with E-state index in [4.69, 9.17) is 4.74 Å². The molecule has 0 spiro atoms. The number of hydrogen-bond acceptors (Lipinski definition) is 1. The predicted octanol–water partition coefficient (Wildman–Crippen LogP) is 3.38. The van der Waals surface area contributed by atoms with E-state index in [-0.39, 0.29) is 0 Å². The molecule has 1 aliphatic rings. The molecule has 0 bridgehead atoms. The zero-order valence-electron chi connectivity index (χ0n) is 7.09. The fourth-order valence-corrected chi connectivity index (χ4v) is 2.53. The van der Waals surface area contributed by atoms with Crippen LogP contribution in [0.2, 0.25) is 0 Å². The van der Waals surface area contributed by atoms with Crippen molar-refractivity contribution in [3.63, 3.8) is 0 Å². The topological polar surface area (TPSA) is 9.23 Å². The lowest BCUT2D eigenvalue weighted by Gasteiger charge is -2.24. The molecule has 13 heavy (non-hydrogen) atoms. The minimum Gasteiger partial charge on any atom is -0.489 e. The molecule has 1 nitrogen and oxygen atoms in total. The molecule has 1 aromatic rings. The number of aryl methyl sites for hydroxylation is 1. The largest absolute Gasteiger partial charge is 0.489 e. The maximum absolute atomic E-state index is 5.79. The predicted molar refractivity (Wildman–Crippen MR) is 65.7 cm³/mol. The minimum absolute atomic E-state index is 0.354. The molecule has 70 valence electrons. The lowest BCUT2D eigenvalue weighted by atomic mass is 10.0. The van der Waals surface area contributed by atoms with E-state index in [1.807, 2.05) is 0 Å². The highest BCUT2D eigenvalue weighted by Crippen LogP contribution is 2.29. The van der Waals surface area contributed by atoms with Gasteiger partial charge in [0.05, 0.1) is 0 Å². The molecule has 0 radical (unpaired) electrons. The van der Waals surface area contributed by atoms with E-state index in [2.05, 4.69) is 56.7 Å². The number of rotatable bonds is 1. The molecular weight excluding hydrogens is 343 g/mol. The maximum Gasteiger partial charge on any atom is 0.123 e. The third-order valence-electron chi connectivity index (χ3n) is 2.22. The van der Waals surface area contributed by atoms with Crippen molar-refractivity contribution in [1.82, 2.24) is 0 Å². The van der Waals surface area contributed by atoms with Crippen LogP contribution in [-0.2, 0) is 6.42 Å². The van der Waals surface area contributed by atoms with E-state index >= 15 is 0 Å². The van der Waals surface area contributed by atoms with Crippen LogP contribution < -0.4 is 4.74 Å². The minimum atomic E-state index is 0.354. The second kappa shape index (κ2) is 4.17. The summed E-state index contributed by atoms with van der Waals surface area (Å²) in [6.07, 6.45) is 2.62. The number of ether oxygens (including phenoxy) is 1. The van der Waals surface area contributed by atoms with Crippen LogP contribution in [0.25, 0.3) is 0 Å². The Morgan fingerprint density at radius 3 is 3.15 bits per heavy atom. The van der Waals surface area contributed by atoms with Gasteiger partial charge in [-0.25, -0.2) is 0 Å².